The van der Waals surface area contributed by atoms with Gasteiger partial charge in [-0.25, -0.2) is 0 Å². The second-order valence-corrected chi connectivity index (χ2v) is 2.93. The van der Waals surface area contributed by atoms with Crippen molar-refractivity contribution in [3.8, 4) is 0 Å². The number of hydrogen-bond donors (Lipinski definition) is 0. The quantitative estimate of drug-likeness (QED) is 0.601. The number of furan rings is 1. The van der Waals surface area contributed by atoms with Crippen molar-refractivity contribution in [2.45, 2.75) is 0 Å². The van der Waals surface area contributed by atoms with E-state index >= 15 is 0 Å². The van der Waals surface area contributed by atoms with Gasteiger partial charge in [0.2, 0.25) is 0 Å². The summed E-state index contributed by atoms with van der Waals surface area (Å²) in [4.78, 5) is 0. The van der Waals surface area contributed by atoms with Crippen LogP contribution in [0, 0.1) is 0 Å². The van der Waals surface area contributed by atoms with E-state index in [1.54, 1.807) is 6.26 Å². The second-order valence-electron chi connectivity index (χ2n) is 2.07. The van der Waals surface area contributed by atoms with Crippen LogP contribution >= 0.6 is 15.9 Å². The molecular weight excluding hydrogens is 199 g/mol. The Kier molecular flexibility index (Phi) is 2.83. The van der Waals surface area contributed by atoms with E-state index in [1.807, 2.05) is 24.3 Å². The molecule has 0 unspecified atom stereocenters. The zero-order valence-corrected chi connectivity index (χ0v) is 7.76. The monoisotopic (exact) mass is 203 g/mol. The number of halogens is 1. The zero-order valence-electron chi connectivity index (χ0n) is 6.17. The predicted octanol–water partition coefficient (Wildman–Crippen LogP) is 2.81. The molecule has 0 saturated heterocycles. The van der Waals surface area contributed by atoms with E-state index in [-0.39, 0.29) is 18.9 Å². The van der Waals surface area contributed by atoms with Gasteiger partial charge < -0.3 is 4.42 Å². The van der Waals surface area contributed by atoms with Crippen LogP contribution in [0.15, 0.2) is 39.4 Å². The standard InChI is InChI=1S/C8H5BrO.Li/c9-7-2-1-3-8-6(7)4-5-10-8;/h1-5H;. The molecule has 0 bridgehead atoms. The fourth-order valence-corrected chi connectivity index (χ4v) is 1.44. The maximum absolute atomic E-state index is 5.17. The van der Waals surface area contributed by atoms with Crippen molar-refractivity contribution in [1.82, 2.24) is 0 Å². The van der Waals surface area contributed by atoms with Crippen LogP contribution < -0.4 is 0 Å². The van der Waals surface area contributed by atoms with Crippen LogP contribution in [0.1, 0.15) is 0 Å². The average Bonchev–Trinajstić information content (AvgIpc) is 2.36. The van der Waals surface area contributed by atoms with Crippen molar-refractivity contribution < 1.29 is 4.42 Å². The van der Waals surface area contributed by atoms with E-state index in [2.05, 4.69) is 15.9 Å². The maximum atomic E-state index is 5.17. The van der Waals surface area contributed by atoms with Crippen molar-refractivity contribution in [2.24, 2.45) is 0 Å². The Morgan fingerprint density at radius 1 is 1.18 bits per heavy atom. The molecule has 2 aromatic rings. The van der Waals surface area contributed by atoms with Crippen molar-refractivity contribution in [3.05, 3.63) is 35.0 Å². The molecule has 0 saturated carbocycles. The van der Waals surface area contributed by atoms with E-state index in [4.69, 9.17) is 4.42 Å². The molecule has 0 amide bonds. The van der Waals surface area contributed by atoms with E-state index in [1.165, 1.54) is 0 Å². The average molecular weight is 204 g/mol. The smallest absolute Gasteiger partial charge is 0.134 e. The summed E-state index contributed by atoms with van der Waals surface area (Å²) in [5.74, 6) is 0. The summed E-state index contributed by atoms with van der Waals surface area (Å²) >= 11 is 3.42. The number of hydrogen-bond acceptors (Lipinski definition) is 1. The van der Waals surface area contributed by atoms with Gasteiger partial charge in [0, 0.05) is 28.7 Å². The van der Waals surface area contributed by atoms with Gasteiger partial charge in [-0.1, -0.05) is 22.0 Å². The molecule has 0 atom stereocenters. The molecule has 1 heterocycles. The van der Waals surface area contributed by atoms with Gasteiger partial charge in [0.05, 0.1) is 6.26 Å². The molecule has 51 valence electrons. The molecule has 1 nitrogen and oxygen atoms in total. The summed E-state index contributed by atoms with van der Waals surface area (Å²) in [6.45, 7) is 0. The van der Waals surface area contributed by atoms with Crippen LogP contribution in [-0.2, 0) is 0 Å². The Labute approximate surface area is 85.1 Å². The molecule has 1 aromatic heterocycles. The van der Waals surface area contributed by atoms with Crippen LogP contribution in [0.25, 0.3) is 11.0 Å². The fraction of sp³-hybridized carbons (Fsp3) is 0. The third-order valence-electron chi connectivity index (χ3n) is 1.44. The van der Waals surface area contributed by atoms with Crippen LogP contribution in [0.3, 0.4) is 0 Å². The molecule has 2 rings (SSSR count). The second kappa shape index (κ2) is 3.49. The van der Waals surface area contributed by atoms with Crippen LogP contribution in [0.5, 0.6) is 0 Å². The third kappa shape index (κ3) is 1.54. The summed E-state index contributed by atoms with van der Waals surface area (Å²) in [6, 6.07) is 7.84. The first-order chi connectivity index (χ1) is 4.88. The molecule has 1 aromatic carbocycles. The Balaban J connectivity index is 0.000000605. The Bertz CT molecular complexity index is 356. The van der Waals surface area contributed by atoms with Crippen LogP contribution in [-0.4, -0.2) is 18.9 Å². The van der Waals surface area contributed by atoms with Crippen molar-refractivity contribution in [2.75, 3.05) is 0 Å². The predicted molar refractivity (Wildman–Crippen MR) is 49.7 cm³/mol. The van der Waals surface area contributed by atoms with Gasteiger partial charge in [-0.05, 0) is 18.2 Å². The summed E-state index contributed by atoms with van der Waals surface area (Å²) in [7, 11) is 0. The van der Waals surface area contributed by atoms with Gasteiger partial charge in [-0.3, -0.25) is 0 Å². The van der Waals surface area contributed by atoms with Crippen molar-refractivity contribution >= 4 is 45.8 Å². The number of benzene rings is 1. The van der Waals surface area contributed by atoms with E-state index in [9.17, 15) is 0 Å². The first kappa shape index (κ1) is 8.93. The SMILES string of the molecule is Brc1cccc2occc12.[Li]. The van der Waals surface area contributed by atoms with Crippen LogP contribution in [0.4, 0.5) is 0 Å². The molecule has 1 radical (unpaired) electrons. The van der Waals surface area contributed by atoms with Crippen molar-refractivity contribution in [3.63, 3.8) is 0 Å². The molecule has 0 aliphatic rings. The minimum absolute atomic E-state index is 0. The van der Waals surface area contributed by atoms with Gasteiger partial charge in [0.15, 0.2) is 0 Å². The van der Waals surface area contributed by atoms with Gasteiger partial charge in [0.1, 0.15) is 5.58 Å². The van der Waals surface area contributed by atoms with E-state index in [0.29, 0.717) is 0 Å². The summed E-state index contributed by atoms with van der Waals surface area (Å²) in [6.07, 6.45) is 1.69. The van der Waals surface area contributed by atoms with E-state index in [0.717, 1.165) is 15.4 Å². The van der Waals surface area contributed by atoms with Gasteiger partial charge in [0.25, 0.3) is 0 Å². The fourth-order valence-electron chi connectivity index (χ4n) is 0.957. The Morgan fingerprint density at radius 3 is 2.73 bits per heavy atom. The minimum Gasteiger partial charge on any atom is -0.464 e. The Hall–Kier alpha value is -0.163. The minimum atomic E-state index is 0. The number of rotatable bonds is 0. The molecule has 3 heteroatoms. The molecule has 0 fully saturated rings. The van der Waals surface area contributed by atoms with E-state index < -0.39 is 0 Å². The van der Waals surface area contributed by atoms with Gasteiger partial charge in [-0.15, -0.1) is 0 Å². The summed E-state index contributed by atoms with van der Waals surface area (Å²) in [5, 5.41) is 1.13. The molecule has 11 heavy (non-hydrogen) atoms. The molecular formula is C8H5BrLiO. The molecule has 0 aliphatic carbocycles. The van der Waals surface area contributed by atoms with Crippen LogP contribution in [0.2, 0.25) is 0 Å². The topological polar surface area (TPSA) is 13.1 Å². The first-order valence-electron chi connectivity index (χ1n) is 2.99. The third-order valence-corrected chi connectivity index (χ3v) is 2.13. The molecule has 0 spiro atoms. The van der Waals surface area contributed by atoms with Gasteiger partial charge in [-0.2, -0.15) is 0 Å². The Morgan fingerprint density at radius 2 is 2.00 bits per heavy atom. The summed E-state index contributed by atoms with van der Waals surface area (Å²) < 4.78 is 6.25. The molecule has 0 aliphatic heterocycles. The number of fused-ring (bicyclic) bond motifs is 1. The maximum Gasteiger partial charge on any atom is 0.134 e. The summed E-state index contributed by atoms with van der Waals surface area (Å²) in [5.41, 5.74) is 0.925. The first-order valence-corrected chi connectivity index (χ1v) is 3.79. The van der Waals surface area contributed by atoms with Gasteiger partial charge >= 0.3 is 0 Å². The largest absolute Gasteiger partial charge is 0.464 e. The normalized spacial score (nSPS) is 9.55. The molecule has 0 N–H and O–H groups in total. The van der Waals surface area contributed by atoms with Crippen molar-refractivity contribution in [1.29, 1.82) is 0 Å². The zero-order chi connectivity index (χ0) is 6.97.